The number of hydrogen-bond donors (Lipinski definition) is 0. The zero-order chi connectivity index (χ0) is 16.3. The minimum absolute atomic E-state index is 0.686. The molecule has 0 bridgehead atoms. The third kappa shape index (κ3) is 3.34. The van der Waals surface area contributed by atoms with Crippen molar-refractivity contribution < 1.29 is 9.48 Å². The molecular formula is C18H20N2O2. The Bertz CT molecular complexity index is 653. The molecule has 2 aromatic carbocycles. The molecule has 0 saturated heterocycles. The fourth-order valence-corrected chi connectivity index (χ4v) is 2.17. The zero-order valence-electron chi connectivity index (χ0n) is 13.3. The van der Waals surface area contributed by atoms with Crippen LogP contribution in [0.2, 0.25) is 0 Å². The molecule has 114 valence electrons. The molecule has 0 aliphatic rings. The standard InChI is InChI=1S/C18H20N2O2/c1-13(19(3)21)15-5-9-17(10-6-15)18-11-7-16(8-12-18)14(2)20(4)22/h5-12H,1-4H3/b19-13-,20-14-. The smallest absolute Gasteiger partial charge is 0.191 e. The summed E-state index contributed by atoms with van der Waals surface area (Å²) in [6, 6.07) is 15.7. The summed E-state index contributed by atoms with van der Waals surface area (Å²) in [6.45, 7) is 3.60. The van der Waals surface area contributed by atoms with E-state index in [0.717, 1.165) is 31.7 Å². The van der Waals surface area contributed by atoms with E-state index in [1.807, 2.05) is 48.5 Å². The second-order valence-electron chi connectivity index (χ2n) is 5.32. The van der Waals surface area contributed by atoms with E-state index in [1.165, 1.54) is 14.1 Å². The number of hydrogen-bond acceptors (Lipinski definition) is 2. The van der Waals surface area contributed by atoms with Crippen molar-refractivity contribution in [2.45, 2.75) is 13.8 Å². The first kappa shape index (κ1) is 15.8. The first-order chi connectivity index (χ1) is 10.4. The minimum Gasteiger partial charge on any atom is -0.624 e. The highest BCUT2D eigenvalue weighted by atomic mass is 16.5. The molecule has 0 unspecified atom stereocenters. The fraction of sp³-hybridized carbons (Fsp3) is 0.222. The maximum atomic E-state index is 11.3. The summed E-state index contributed by atoms with van der Waals surface area (Å²) < 4.78 is 1.73. The highest BCUT2D eigenvalue weighted by Crippen LogP contribution is 2.21. The van der Waals surface area contributed by atoms with Crippen LogP contribution in [-0.4, -0.2) is 35.0 Å². The Kier molecular flexibility index (Phi) is 4.61. The van der Waals surface area contributed by atoms with E-state index in [-0.39, 0.29) is 0 Å². The molecule has 4 nitrogen and oxygen atoms in total. The average molecular weight is 296 g/mol. The Morgan fingerprint density at radius 3 is 1.14 bits per heavy atom. The van der Waals surface area contributed by atoms with Crippen LogP contribution in [0.1, 0.15) is 25.0 Å². The maximum Gasteiger partial charge on any atom is 0.191 e. The highest BCUT2D eigenvalue weighted by Gasteiger charge is 2.07. The predicted molar refractivity (Wildman–Crippen MR) is 90.5 cm³/mol. The third-order valence-electron chi connectivity index (χ3n) is 3.88. The van der Waals surface area contributed by atoms with Crippen molar-refractivity contribution >= 4 is 11.4 Å². The molecule has 0 amide bonds. The van der Waals surface area contributed by atoms with E-state index in [4.69, 9.17) is 0 Å². The first-order valence-electron chi connectivity index (χ1n) is 7.10. The molecule has 0 aliphatic carbocycles. The van der Waals surface area contributed by atoms with Crippen LogP contribution in [0.3, 0.4) is 0 Å². The van der Waals surface area contributed by atoms with Crippen molar-refractivity contribution in [3.63, 3.8) is 0 Å². The van der Waals surface area contributed by atoms with Gasteiger partial charge in [0.2, 0.25) is 0 Å². The molecule has 0 atom stereocenters. The molecule has 0 radical (unpaired) electrons. The van der Waals surface area contributed by atoms with E-state index in [0.29, 0.717) is 11.4 Å². The summed E-state index contributed by atoms with van der Waals surface area (Å²) in [6.07, 6.45) is 0. The van der Waals surface area contributed by atoms with Gasteiger partial charge in [0, 0.05) is 25.0 Å². The van der Waals surface area contributed by atoms with Gasteiger partial charge in [-0.15, -0.1) is 0 Å². The molecule has 0 saturated carbocycles. The van der Waals surface area contributed by atoms with Crippen LogP contribution in [0.15, 0.2) is 48.5 Å². The lowest BCUT2D eigenvalue weighted by atomic mass is 10.0. The Labute approximate surface area is 130 Å². The van der Waals surface area contributed by atoms with Crippen LogP contribution in [0.4, 0.5) is 0 Å². The summed E-state index contributed by atoms with van der Waals surface area (Å²) in [5.74, 6) is 0. The van der Waals surface area contributed by atoms with Crippen molar-refractivity contribution in [3.05, 3.63) is 70.1 Å². The van der Waals surface area contributed by atoms with Crippen LogP contribution >= 0.6 is 0 Å². The normalized spacial score (nSPS) is 13.5. The molecule has 0 fully saturated rings. The molecule has 4 heteroatoms. The highest BCUT2D eigenvalue weighted by molar-refractivity contribution is 5.96. The Balaban J connectivity index is 2.30. The number of hydroxylamine groups is 2. The SMILES string of the molecule is C/C(c1ccc(-c2ccc(/C(C)=[N+](/C)[O-])cc2)cc1)=[N+](\C)[O-]. The predicted octanol–water partition coefficient (Wildman–Crippen LogP) is 3.25. The zero-order valence-corrected chi connectivity index (χ0v) is 13.3. The monoisotopic (exact) mass is 296 g/mol. The van der Waals surface area contributed by atoms with Crippen LogP contribution in [-0.2, 0) is 0 Å². The topological polar surface area (TPSA) is 52.1 Å². The summed E-state index contributed by atoms with van der Waals surface area (Å²) in [5.41, 5.74) is 5.34. The van der Waals surface area contributed by atoms with E-state index in [2.05, 4.69) is 0 Å². The average Bonchev–Trinajstić information content (AvgIpc) is 2.53. The summed E-state index contributed by atoms with van der Waals surface area (Å²) >= 11 is 0. The van der Waals surface area contributed by atoms with Crippen molar-refractivity contribution in [3.8, 4) is 11.1 Å². The molecule has 2 aromatic rings. The number of benzene rings is 2. The molecule has 0 spiro atoms. The van der Waals surface area contributed by atoms with Gasteiger partial charge >= 0.3 is 0 Å². The van der Waals surface area contributed by atoms with E-state index < -0.39 is 0 Å². The van der Waals surface area contributed by atoms with Gasteiger partial charge in [-0.25, -0.2) is 9.48 Å². The largest absolute Gasteiger partial charge is 0.624 e. The molecule has 0 aliphatic heterocycles. The van der Waals surface area contributed by atoms with Gasteiger partial charge in [0.1, 0.15) is 14.1 Å². The van der Waals surface area contributed by atoms with Crippen molar-refractivity contribution in [1.82, 2.24) is 0 Å². The van der Waals surface area contributed by atoms with Crippen molar-refractivity contribution in [2.75, 3.05) is 14.1 Å². The van der Waals surface area contributed by atoms with Gasteiger partial charge in [0.05, 0.1) is 0 Å². The van der Waals surface area contributed by atoms with Crippen LogP contribution < -0.4 is 0 Å². The summed E-state index contributed by atoms with van der Waals surface area (Å²) in [5, 5.41) is 22.6. The molecule has 0 heterocycles. The van der Waals surface area contributed by atoms with Gasteiger partial charge < -0.3 is 10.4 Å². The molecule has 2 rings (SSSR count). The van der Waals surface area contributed by atoms with Gasteiger partial charge in [-0.05, 0) is 35.4 Å². The second kappa shape index (κ2) is 6.43. The second-order valence-corrected chi connectivity index (χ2v) is 5.32. The molecular weight excluding hydrogens is 276 g/mol. The Morgan fingerprint density at radius 2 is 0.909 bits per heavy atom. The van der Waals surface area contributed by atoms with Gasteiger partial charge in [0.15, 0.2) is 11.4 Å². The van der Waals surface area contributed by atoms with Crippen molar-refractivity contribution in [1.29, 1.82) is 0 Å². The van der Waals surface area contributed by atoms with Crippen LogP contribution in [0.5, 0.6) is 0 Å². The van der Waals surface area contributed by atoms with Gasteiger partial charge in [-0.3, -0.25) is 0 Å². The third-order valence-corrected chi connectivity index (χ3v) is 3.88. The molecule has 0 N–H and O–H groups in total. The molecule has 0 aromatic heterocycles. The van der Waals surface area contributed by atoms with Crippen molar-refractivity contribution in [2.24, 2.45) is 0 Å². The number of nitrogens with zero attached hydrogens (tertiary/aromatic N) is 2. The van der Waals surface area contributed by atoms with Gasteiger partial charge in [-0.1, -0.05) is 24.3 Å². The van der Waals surface area contributed by atoms with E-state index in [9.17, 15) is 10.4 Å². The quantitative estimate of drug-likeness (QED) is 0.378. The maximum absolute atomic E-state index is 11.3. The summed E-state index contributed by atoms with van der Waals surface area (Å²) in [4.78, 5) is 0. The lowest BCUT2D eigenvalue weighted by Crippen LogP contribution is -2.09. The fourth-order valence-electron chi connectivity index (χ4n) is 2.17. The van der Waals surface area contributed by atoms with E-state index >= 15 is 0 Å². The number of rotatable bonds is 3. The molecule has 22 heavy (non-hydrogen) atoms. The summed E-state index contributed by atoms with van der Waals surface area (Å²) in [7, 11) is 2.99. The first-order valence-corrected chi connectivity index (χ1v) is 7.10. The Morgan fingerprint density at radius 1 is 0.636 bits per heavy atom. The van der Waals surface area contributed by atoms with Crippen LogP contribution in [0.25, 0.3) is 11.1 Å². The lowest BCUT2D eigenvalue weighted by molar-refractivity contribution is -0.422. The minimum atomic E-state index is 0.686. The lowest BCUT2D eigenvalue weighted by Gasteiger charge is -2.07. The van der Waals surface area contributed by atoms with Gasteiger partial charge in [-0.2, -0.15) is 0 Å². The Hall–Kier alpha value is -2.62. The van der Waals surface area contributed by atoms with E-state index in [1.54, 1.807) is 13.8 Å². The van der Waals surface area contributed by atoms with Gasteiger partial charge in [0.25, 0.3) is 0 Å². The van der Waals surface area contributed by atoms with Crippen LogP contribution in [0, 0.1) is 10.4 Å².